The van der Waals surface area contributed by atoms with Crippen molar-refractivity contribution in [2.75, 3.05) is 25.1 Å². The van der Waals surface area contributed by atoms with E-state index in [9.17, 15) is 0 Å². The largest absolute Gasteiger partial charge is 0.490 e. The molecule has 1 aromatic carbocycles. The zero-order valence-corrected chi connectivity index (χ0v) is 11.4. The summed E-state index contributed by atoms with van der Waals surface area (Å²) in [5.74, 6) is 2.51. The molecule has 0 amide bonds. The molecule has 0 atom stereocenters. The van der Waals surface area contributed by atoms with Crippen LogP contribution < -0.4 is 14.8 Å². The molecule has 0 aliphatic heterocycles. The van der Waals surface area contributed by atoms with E-state index in [0.29, 0.717) is 13.2 Å². The zero-order chi connectivity index (χ0) is 12.8. The molecule has 0 unspecified atom stereocenters. The SMILES string of the molecule is CCOc1ccc(NCC2CCC2)cc1OCC. The monoisotopic (exact) mass is 249 g/mol. The molecule has 1 fully saturated rings. The van der Waals surface area contributed by atoms with Gasteiger partial charge in [0.1, 0.15) is 0 Å². The molecule has 0 radical (unpaired) electrons. The quantitative estimate of drug-likeness (QED) is 0.799. The van der Waals surface area contributed by atoms with E-state index in [4.69, 9.17) is 9.47 Å². The van der Waals surface area contributed by atoms with Crippen molar-refractivity contribution in [3.05, 3.63) is 18.2 Å². The van der Waals surface area contributed by atoms with Gasteiger partial charge in [-0.1, -0.05) is 6.42 Å². The van der Waals surface area contributed by atoms with Crippen molar-refractivity contribution in [2.45, 2.75) is 33.1 Å². The molecule has 0 bridgehead atoms. The van der Waals surface area contributed by atoms with Crippen LogP contribution in [-0.2, 0) is 0 Å². The topological polar surface area (TPSA) is 30.5 Å². The fourth-order valence-electron chi connectivity index (χ4n) is 2.12. The molecule has 3 nitrogen and oxygen atoms in total. The Bertz CT molecular complexity index is 375. The smallest absolute Gasteiger partial charge is 0.163 e. The molecule has 100 valence electrons. The average molecular weight is 249 g/mol. The van der Waals surface area contributed by atoms with Crippen molar-refractivity contribution in [3.8, 4) is 11.5 Å². The lowest BCUT2D eigenvalue weighted by Crippen LogP contribution is -2.20. The van der Waals surface area contributed by atoms with Crippen molar-refractivity contribution in [1.82, 2.24) is 0 Å². The Morgan fingerprint density at radius 2 is 1.83 bits per heavy atom. The predicted molar refractivity (Wildman–Crippen MR) is 74.6 cm³/mol. The Morgan fingerprint density at radius 1 is 1.11 bits per heavy atom. The predicted octanol–water partition coefficient (Wildman–Crippen LogP) is 3.70. The van der Waals surface area contributed by atoms with Crippen molar-refractivity contribution in [2.24, 2.45) is 5.92 Å². The maximum Gasteiger partial charge on any atom is 0.163 e. The van der Waals surface area contributed by atoms with Gasteiger partial charge in [0.2, 0.25) is 0 Å². The zero-order valence-electron chi connectivity index (χ0n) is 11.4. The van der Waals surface area contributed by atoms with Gasteiger partial charge in [0.25, 0.3) is 0 Å². The van der Waals surface area contributed by atoms with E-state index in [1.54, 1.807) is 0 Å². The lowest BCUT2D eigenvalue weighted by Gasteiger charge is -2.26. The summed E-state index contributed by atoms with van der Waals surface area (Å²) in [6.07, 6.45) is 4.12. The van der Waals surface area contributed by atoms with Crippen LogP contribution in [-0.4, -0.2) is 19.8 Å². The second-order valence-electron chi connectivity index (χ2n) is 4.71. The maximum atomic E-state index is 5.61. The van der Waals surface area contributed by atoms with E-state index >= 15 is 0 Å². The lowest BCUT2D eigenvalue weighted by atomic mass is 9.85. The molecular weight excluding hydrogens is 226 g/mol. The van der Waals surface area contributed by atoms with Gasteiger partial charge in [-0.2, -0.15) is 0 Å². The normalized spacial score (nSPS) is 15.0. The highest BCUT2D eigenvalue weighted by molar-refractivity contribution is 5.54. The molecule has 1 saturated carbocycles. The van der Waals surface area contributed by atoms with Crippen molar-refractivity contribution < 1.29 is 9.47 Å². The first kappa shape index (κ1) is 13.1. The minimum absolute atomic E-state index is 0.659. The van der Waals surface area contributed by atoms with Crippen LogP contribution in [0.1, 0.15) is 33.1 Å². The standard InChI is InChI=1S/C15H23NO2/c1-3-17-14-9-8-13(10-15(14)18-4-2)16-11-12-6-5-7-12/h8-10,12,16H,3-7,11H2,1-2H3. The van der Waals surface area contributed by atoms with Crippen LogP contribution in [0.25, 0.3) is 0 Å². The molecule has 1 N–H and O–H groups in total. The second-order valence-corrected chi connectivity index (χ2v) is 4.71. The number of ether oxygens (including phenoxy) is 2. The average Bonchev–Trinajstić information content (AvgIpc) is 2.31. The molecule has 1 aliphatic carbocycles. The van der Waals surface area contributed by atoms with E-state index in [1.807, 2.05) is 26.0 Å². The Labute approximate surface area is 109 Å². The van der Waals surface area contributed by atoms with E-state index in [-0.39, 0.29) is 0 Å². The van der Waals surface area contributed by atoms with E-state index in [1.165, 1.54) is 19.3 Å². The fourth-order valence-corrected chi connectivity index (χ4v) is 2.12. The van der Waals surface area contributed by atoms with Crippen molar-refractivity contribution in [1.29, 1.82) is 0 Å². The number of hydrogen-bond acceptors (Lipinski definition) is 3. The molecular formula is C15H23NO2. The minimum Gasteiger partial charge on any atom is -0.490 e. The summed E-state index contributed by atoms with van der Waals surface area (Å²) in [4.78, 5) is 0. The summed E-state index contributed by atoms with van der Waals surface area (Å²) in [5, 5.41) is 3.48. The third-order valence-corrected chi connectivity index (χ3v) is 3.36. The molecule has 3 heteroatoms. The summed E-state index contributed by atoms with van der Waals surface area (Å²) in [6.45, 7) is 6.36. The summed E-state index contributed by atoms with van der Waals surface area (Å²) < 4.78 is 11.2. The Balaban J connectivity index is 1.99. The van der Waals surface area contributed by atoms with Crippen LogP contribution in [0.5, 0.6) is 11.5 Å². The Morgan fingerprint density at radius 3 is 2.44 bits per heavy atom. The molecule has 2 rings (SSSR count). The third kappa shape index (κ3) is 3.31. The van der Waals surface area contributed by atoms with Gasteiger partial charge in [0.15, 0.2) is 11.5 Å². The highest BCUT2D eigenvalue weighted by Crippen LogP contribution is 2.32. The third-order valence-electron chi connectivity index (χ3n) is 3.36. The van der Waals surface area contributed by atoms with Gasteiger partial charge >= 0.3 is 0 Å². The first-order valence-corrected chi connectivity index (χ1v) is 6.97. The molecule has 0 heterocycles. The van der Waals surface area contributed by atoms with E-state index in [2.05, 4.69) is 11.4 Å². The maximum absolute atomic E-state index is 5.61. The summed E-state index contributed by atoms with van der Waals surface area (Å²) in [7, 11) is 0. The van der Waals surface area contributed by atoms with Crippen LogP contribution in [0.3, 0.4) is 0 Å². The van der Waals surface area contributed by atoms with Crippen molar-refractivity contribution >= 4 is 5.69 Å². The summed E-state index contributed by atoms with van der Waals surface area (Å²) >= 11 is 0. The molecule has 0 saturated heterocycles. The van der Waals surface area contributed by atoms with E-state index < -0.39 is 0 Å². The first-order valence-electron chi connectivity index (χ1n) is 6.97. The molecule has 1 aromatic rings. The van der Waals surface area contributed by atoms with Gasteiger partial charge in [-0.15, -0.1) is 0 Å². The van der Waals surface area contributed by atoms with Gasteiger partial charge in [0.05, 0.1) is 13.2 Å². The van der Waals surface area contributed by atoms with Gasteiger partial charge in [-0.05, 0) is 44.7 Å². The Kier molecular flexibility index (Phi) is 4.73. The second kappa shape index (κ2) is 6.53. The van der Waals surface area contributed by atoms with Crippen molar-refractivity contribution in [3.63, 3.8) is 0 Å². The Hall–Kier alpha value is -1.38. The fraction of sp³-hybridized carbons (Fsp3) is 0.600. The molecule has 18 heavy (non-hydrogen) atoms. The molecule has 0 spiro atoms. The number of hydrogen-bond donors (Lipinski definition) is 1. The number of benzene rings is 1. The van der Waals surface area contributed by atoms with Crippen LogP contribution in [0.15, 0.2) is 18.2 Å². The van der Waals surface area contributed by atoms with Gasteiger partial charge < -0.3 is 14.8 Å². The van der Waals surface area contributed by atoms with Gasteiger partial charge in [-0.25, -0.2) is 0 Å². The highest BCUT2D eigenvalue weighted by Gasteiger charge is 2.16. The van der Waals surface area contributed by atoms with E-state index in [0.717, 1.165) is 29.6 Å². The van der Waals surface area contributed by atoms with Crippen LogP contribution >= 0.6 is 0 Å². The van der Waals surface area contributed by atoms with Crippen LogP contribution in [0, 0.1) is 5.92 Å². The summed E-state index contributed by atoms with van der Waals surface area (Å²) in [5.41, 5.74) is 1.12. The minimum atomic E-state index is 0.659. The van der Waals surface area contributed by atoms with Gasteiger partial charge in [-0.3, -0.25) is 0 Å². The molecule has 0 aromatic heterocycles. The lowest BCUT2D eigenvalue weighted by molar-refractivity contribution is 0.288. The number of rotatable bonds is 7. The molecule has 1 aliphatic rings. The number of anilines is 1. The highest BCUT2D eigenvalue weighted by atomic mass is 16.5. The van der Waals surface area contributed by atoms with Crippen LogP contribution in [0.2, 0.25) is 0 Å². The van der Waals surface area contributed by atoms with Crippen LogP contribution in [0.4, 0.5) is 5.69 Å². The number of nitrogens with one attached hydrogen (secondary N) is 1. The summed E-state index contributed by atoms with van der Waals surface area (Å²) in [6, 6.07) is 6.08. The van der Waals surface area contributed by atoms with Gasteiger partial charge in [0, 0.05) is 18.3 Å². The first-order chi connectivity index (χ1) is 8.83.